The molecule has 0 bridgehead atoms. The minimum absolute atomic E-state index is 0.0102. The number of nitrogens with zero attached hydrogens (tertiary/aromatic N) is 1. The lowest BCUT2D eigenvalue weighted by Crippen LogP contribution is -2.46. The molecule has 33 heavy (non-hydrogen) atoms. The second-order valence-electron chi connectivity index (χ2n) is 7.44. The highest BCUT2D eigenvalue weighted by Crippen LogP contribution is 2.32. The number of alkyl halides is 3. The molecule has 0 aliphatic carbocycles. The van der Waals surface area contributed by atoms with Crippen molar-refractivity contribution in [3.05, 3.63) is 54.1 Å². The fourth-order valence-electron chi connectivity index (χ4n) is 3.63. The molecule has 1 fully saturated rings. The second-order valence-corrected chi connectivity index (χ2v) is 7.44. The highest BCUT2D eigenvalue weighted by atomic mass is 19.4. The van der Waals surface area contributed by atoms with Crippen molar-refractivity contribution in [2.24, 2.45) is 5.92 Å². The number of carboxylic acid groups (broad SMARTS) is 1. The van der Waals surface area contributed by atoms with Gasteiger partial charge in [-0.1, -0.05) is 18.1 Å². The van der Waals surface area contributed by atoms with Gasteiger partial charge in [-0.2, -0.15) is 0 Å². The van der Waals surface area contributed by atoms with Gasteiger partial charge in [0.25, 0.3) is 0 Å². The van der Waals surface area contributed by atoms with Crippen molar-refractivity contribution in [2.75, 3.05) is 25.0 Å². The Morgan fingerprint density at radius 1 is 1.09 bits per heavy atom. The lowest BCUT2D eigenvalue weighted by molar-refractivity contribution is -0.274. The number of nitrogens with one attached hydrogen (secondary N) is 1. The molecule has 1 heterocycles. The van der Waals surface area contributed by atoms with Crippen molar-refractivity contribution in [2.45, 2.75) is 18.7 Å². The van der Waals surface area contributed by atoms with Crippen LogP contribution in [0.4, 0.5) is 23.7 Å². The molecule has 0 aromatic heterocycles. The smallest absolute Gasteiger partial charge is 0.481 e. The Labute approximate surface area is 188 Å². The summed E-state index contributed by atoms with van der Waals surface area (Å²) in [6.07, 6.45) is -0.380. The molecule has 0 unspecified atom stereocenters. The molecule has 2 aromatic carbocycles. The van der Waals surface area contributed by atoms with E-state index in [0.29, 0.717) is 12.2 Å². The van der Waals surface area contributed by atoms with Crippen LogP contribution in [0.25, 0.3) is 0 Å². The van der Waals surface area contributed by atoms with Gasteiger partial charge in [0, 0.05) is 24.7 Å². The van der Waals surface area contributed by atoms with E-state index in [1.165, 1.54) is 17.0 Å². The van der Waals surface area contributed by atoms with Gasteiger partial charge < -0.3 is 24.8 Å². The predicted octanol–water partition coefficient (Wildman–Crippen LogP) is 4.32. The lowest BCUT2D eigenvalue weighted by atomic mass is 9.84. The summed E-state index contributed by atoms with van der Waals surface area (Å²) in [6, 6.07) is 11.8. The van der Waals surface area contributed by atoms with Crippen molar-refractivity contribution in [1.29, 1.82) is 0 Å². The summed E-state index contributed by atoms with van der Waals surface area (Å²) < 4.78 is 46.0. The summed E-state index contributed by atoms with van der Waals surface area (Å²) in [7, 11) is 0. The summed E-state index contributed by atoms with van der Waals surface area (Å²) in [5.74, 6) is 1.23. The van der Waals surface area contributed by atoms with Crippen molar-refractivity contribution in [3.8, 4) is 23.8 Å². The van der Waals surface area contributed by atoms with Gasteiger partial charge in [0.2, 0.25) is 5.91 Å². The number of carbonyl (C=O) groups excluding carboxylic acids is 1. The van der Waals surface area contributed by atoms with E-state index < -0.39 is 30.0 Å². The van der Waals surface area contributed by atoms with Crippen LogP contribution in [0.15, 0.2) is 48.5 Å². The number of hydrogen-bond acceptors (Lipinski definition) is 4. The molecular weight excluding hydrogens is 441 g/mol. The number of carbonyl (C=O) groups is 2. The van der Waals surface area contributed by atoms with Gasteiger partial charge in [0.1, 0.15) is 18.1 Å². The number of rotatable bonds is 6. The van der Waals surface area contributed by atoms with Crippen LogP contribution in [0.2, 0.25) is 0 Å². The van der Waals surface area contributed by atoms with E-state index >= 15 is 0 Å². The van der Waals surface area contributed by atoms with Crippen molar-refractivity contribution in [1.82, 2.24) is 4.90 Å². The Morgan fingerprint density at radius 3 is 2.30 bits per heavy atom. The number of likely N-dealkylation sites (tertiary alicyclic amines) is 1. The summed E-state index contributed by atoms with van der Waals surface area (Å²) >= 11 is 0. The number of anilines is 1. The summed E-state index contributed by atoms with van der Waals surface area (Å²) in [5.41, 5.74) is 1.12. The predicted molar refractivity (Wildman–Crippen MR) is 113 cm³/mol. The van der Waals surface area contributed by atoms with Gasteiger partial charge in [-0.25, -0.2) is 4.79 Å². The van der Waals surface area contributed by atoms with Gasteiger partial charge in [0.05, 0.1) is 5.92 Å². The molecule has 1 aliphatic rings. The van der Waals surface area contributed by atoms with E-state index in [1.54, 1.807) is 24.3 Å². The highest BCUT2D eigenvalue weighted by Gasteiger charge is 2.35. The third kappa shape index (κ3) is 6.80. The number of benzene rings is 2. The van der Waals surface area contributed by atoms with Gasteiger partial charge >= 0.3 is 12.5 Å². The van der Waals surface area contributed by atoms with E-state index in [0.717, 1.165) is 17.7 Å². The first-order valence-electron chi connectivity index (χ1n) is 9.95. The zero-order valence-corrected chi connectivity index (χ0v) is 17.3. The maximum atomic E-state index is 12.8. The Kier molecular flexibility index (Phi) is 7.33. The normalized spacial score (nSPS) is 18.2. The van der Waals surface area contributed by atoms with Crippen LogP contribution in [-0.2, 0) is 4.79 Å². The van der Waals surface area contributed by atoms with Crippen molar-refractivity contribution in [3.63, 3.8) is 0 Å². The van der Waals surface area contributed by atoms with Gasteiger partial charge in [-0.3, -0.25) is 4.79 Å². The minimum Gasteiger partial charge on any atom is -0.481 e. The molecule has 2 atom stereocenters. The first-order chi connectivity index (χ1) is 15.6. The molecule has 2 aromatic rings. The summed E-state index contributed by atoms with van der Waals surface area (Å²) in [5, 5.41) is 12.1. The average Bonchev–Trinajstić information content (AvgIpc) is 2.78. The van der Waals surface area contributed by atoms with Crippen LogP contribution >= 0.6 is 0 Å². The zero-order chi connectivity index (χ0) is 24.0. The monoisotopic (exact) mass is 462 g/mol. The van der Waals surface area contributed by atoms with E-state index in [-0.39, 0.29) is 31.3 Å². The van der Waals surface area contributed by atoms with E-state index in [1.807, 2.05) is 0 Å². The molecule has 10 heteroatoms. The van der Waals surface area contributed by atoms with Gasteiger partial charge in [-0.15, -0.1) is 19.6 Å². The summed E-state index contributed by atoms with van der Waals surface area (Å²) in [4.78, 5) is 25.6. The van der Waals surface area contributed by atoms with Gasteiger partial charge in [-0.05, 0) is 48.4 Å². The Morgan fingerprint density at radius 2 is 1.73 bits per heavy atom. The molecule has 3 rings (SSSR count). The largest absolute Gasteiger partial charge is 0.573 e. The molecule has 1 saturated heterocycles. The van der Waals surface area contributed by atoms with Crippen LogP contribution < -0.4 is 14.8 Å². The molecule has 0 saturated carbocycles. The van der Waals surface area contributed by atoms with E-state index in [2.05, 4.69) is 16.0 Å². The number of terminal acetylenes is 1. The number of halogens is 3. The fourth-order valence-corrected chi connectivity index (χ4v) is 3.63. The third-order valence-corrected chi connectivity index (χ3v) is 5.12. The Balaban J connectivity index is 1.69. The molecule has 1 aliphatic heterocycles. The highest BCUT2D eigenvalue weighted by molar-refractivity contribution is 5.93. The van der Waals surface area contributed by atoms with Crippen molar-refractivity contribution < 1.29 is 37.3 Å². The van der Waals surface area contributed by atoms with E-state index in [9.17, 15) is 27.9 Å². The number of amides is 2. The number of ether oxygens (including phenoxy) is 2. The molecule has 7 nitrogen and oxygen atoms in total. The number of hydrogen-bond donors (Lipinski definition) is 2. The van der Waals surface area contributed by atoms with E-state index in [4.69, 9.17) is 11.2 Å². The second kappa shape index (κ2) is 10.2. The average molecular weight is 462 g/mol. The van der Waals surface area contributed by atoms with Crippen LogP contribution in [0.3, 0.4) is 0 Å². The van der Waals surface area contributed by atoms with Crippen LogP contribution in [-0.4, -0.2) is 48.1 Å². The van der Waals surface area contributed by atoms with Crippen LogP contribution in [0.1, 0.15) is 17.9 Å². The standard InChI is InChI=1S/C23H21F3N2O5/c1-2-11-32-19-7-3-15(4-8-19)16-12-17(14-28(13-16)22(30)31)21(29)27-18-5-9-20(10-6-18)33-23(24,25)26/h1,3-10,16-17H,11-14H2,(H,27,29)(H,30,31)/t16-,17-/m1/s1. The van der Waals surface area contributed by atoms with Crippen molar-refractivity contribution >= 4 is 17.7 Å². The lowest BCUT2D eigenvalue weighted by Gasteiger charge is -2.36. The fraction of sp³-hybridized carbons (Fsp3) is 0.304. The third-order valence-electron chi connectivity index (χ3n) is 5.12. The Hall–Kier alpha value is -3.87. The minimum atomic E-state index is -4.81. The van der Waals surface area contributed by atoms with Crippen LogP contribution in [0, 0.1) is 18.3 Å². The molecule has 2 N–H and O–H groups in total. The first-order valence-corrected chi connectivity index (χ1v) is 9.95. The molecular formula is C23H21F3N2O5. The van der Waals surface area contributed by atoms with Crippen LogP contribution in [0.5, 0.6) is 11.5 Å². The SMILES string of the molecule is C#CCOc1ccc([C@@H]2C[C@@H](C(=O)Nc3ccc(OC(F)(F)F)cc3)CN(C(=O)O)C2)cc1. The maximum absolute atomic E-state index is 12.8. The van der Waals surface area contributed by atoms with Gasteiger partial charge in [0.15, 0.2) is 0 Å². The number of piperidine rings is 1. The topological polar surface area (TPSA) is 88.1 Å². The first kappa shape index (κ1) is 23.8. The molecule has 2 amide bonds. The quantitative estimate of drug-likeness (QED) is 0.625. The molecule has 174 valence electrons. The maximum Gasteiger partial charge on any atom is 0.573 e. The molecule has 0 spiro atoms. The zero-order valence-electron chi connectivity index (χ0n) is 17.3. The summed E-state index contributed by atoms with van der Waals surface area (Å²) in [6.45, 7) is 0.366. The molecule has 0 radical (unpaired) electrons. The Bertz CT molecular complexity index is 1020.